The molecule has 0 bridgehead atoms. The molecule has 4 nitrogen and oxygen atoms in total. The number of nitrogens with one attached hydrogen (secondary N) is 2. The van der Waals surface area contributed by atoms with Crippen LogP contribution >= 0.6 is 11.8 Å². The van der Waals surface area contributed by atoms with Crippen molar-refractivity contribution in [2.75, 3.05) is 40.0 Å². The van der Waals surface area contributed by atoms with Gasteiger partial charge in [0.05, 0.1) is 6.54 Å². The van der Waals surface area contributed by atoms with Gasteiger partial charge in [-0.15, -0.1) is 0 Å². The number of aliphatic imine (C=N–C) groups is 1. The lowest BCUT2D eigenvalue weighted by molar-refractivity contribution is 0.204. The third kappa shape index (κ3) is 7.67. The second-order valence-corrected chi connectivity index (χ2v) is 7.73. The molecule has 0 aliphatic heterocycles. The van der Waals surface area contributed by atoms with Crippen molar-refractivity contribution in [3.8, 4) is 0 Å². The van der Waals surface area contributed by atoms with Crippen molar-refractivity contribution < 1.29 is 0 Å². The number of guanidine groups is 1. The van der Waals surface area contributed by atoms with Gasteiger partial charge in [0.15, 0.2) is 5.96 Å². The Hall–Kier alpha value is -0.420. The van der Waals surface area contributed by atoms with Crippen LogP contribution in [0.1, 0.15) is 34.6 Å². The van der Waals surface area contributed by atoms with E-state index in [-0.39, 0.29) is 10.3 Å². The van der Waals surface area contributed by atoms with Crippen molar-refractivity contribution in [1.82, 2.24) is 15.5 Å². The van der Waals surface area contributed by atoms with Crippen molar-refractivity contribution in [3.05, 3.63) is 0 Å². The molecule has 0 heterocycles. The Kier molecular flexibility index (Phi) is 7.82. The molecular formula is C14H32N4S. The fourth-order valence-corrected chi connectivity index (χ4v) is 1.34. The van der Waals surface area contributed by atoms with Crippen molar-refractivity contribution >= 4 is 17.7 Å². The van der Waals surface area contributed by atoms with Gasteiger partial charge in [-0.1, -0.05) is 0 Å². The van der Waals surface area contributed by atoms with Gasteiger partial charge in [0.2, 0.25) is 0 Å². The Balaban J connectivity index is 4.55. The summed E-state index contributed by atoms with van der Waals surface area (Å²) in [6.45, 7) is 13.5. The number of likely N-dealkylation sites (N-methyl/N-ethyl adjacent to an activating group) is 1. The first kappa shape index (κ1) is 18.6. The first-order valence-electron chi connectivity index (χ1n) is 6.89. The highest BCUT2D eigenvalue weighted by Gasteiger charge is 2.20. The molecule has 0 saturated heterocycles. The lowest BCUT2D eigenvalue weighted by Gasteiger charge is -2.31. The number of hydrogen-bond acceptors (Lipinski definition) is 3. The van der Waals surface area contributed by atoms with Gasteiger partial charge in [0.25, 0.3) is 0 Å². The molecule has 0 atom stereocenters. The third-order valence-corrected chi connectivity index (χ3v) is 4.66. The average Bonchev–Trinajstić information content (AvgIpc) is 2.32. The Morgan fingerprint density at radius 1 is 1.16 bits per heavy atom. The highest BCUT2D eigenvalue weighted by atomic mass is 32.2. The lowest BCUT2D eigenvalue weighted by Crippen LogP contribution is -2.46. The molecule has 0 aliphatic rings. The summed E-state index contributed by atoms with van der Waals surface area (Å²) in [5.41, 5.74) is 0.0668. The highest BCUT2D eigenvalue weighted by Crippen LogP contribution is 2.19. The van der Waals surface area contributed by atoms with Crippen LogP contribution < -0.4 is 10.6 Å². The quantitative estimate of drug-likeness (QED) is 0.555. The van der Waals surface area contributed by atoms with Crippen LogP contribution in [0.5, 0.6) is 0 Å². The molecule has 0 aromatic carbocycles. The summed E-state index contributed by atoms with van der Waals surface area (Å²) in [6, 6.07) is 0. The summed E-state index contributed by atoms with van der Waals surface area (Å²) < 4.78 is 0.216. The van der Waals surface area contributed by atoms with Crippen LogP contribution in [-0.4, -0.2) is 61.1 Å². The van der Waals surface area contributed by atoms with Gasteiger partial charge in [-0.2, -0.15) is 11.8 Å². The van der Waals surface area contributed by atoms with E-state index >= 15 is 0 Å². The number of nitrogens with zero attached hydrogens (tertiary/aromatic N) is 2. The predicted molar refractivity (Wildman–Crippen MR) is 89.3 cm³/mol. The zero-order chi connectivity index (χ0) is 15.1. The predicted octanol–water partition coefficient (Wildman–Crippen LogP) is 2.02. The molecule has 114 valence electrons. The summed E-state index contributed by atoms with van der Waals surface area (Å²) in [5.74, 6) is 0.902. The van der Waals surface area contributed by atoms with E-state index in [4.69, 9.17) is 0 Å². The second kappa shape index (κ2) is 8.00. The SMILES string of the molecule is CCNC(=NCC(C)(C)N(C)C)NCC(C)(C)SC. The minimum absolute atomic E-state index is 0.0668. The summed E-state index contributed by atoms with van der Waals surface area (Å²) in [7, 11) is 4.18. The Morgan fingerprint density at radius 2 is 1.74 bits per heavy atom. The molecule has 0 saturated carbocycles. The van der Waals surface area contributed by atoms with Crippen LogP contribution in [0.3, 0.4) is 0 Å². The van der Waals surface area contributed by atoms with E-state index < -0.39 is 0 Å². The van der Waals surface area contributed by atoms with Crippen LogP contribution in [0.2, 0.25) is 0 Å². The fourth-order valence-electron chi connectivity index (χ4n) is 1.12. The van der Waals surface area contributed by atoms with Gasteiger partial charge in [-0.05, 0) is 55.0 Å². The standard InChI is InChI=1S/C14H32N4S/c1-9-15-12(17-11-14(4,5)19-8)16-10-13(2,3)18(6)7/h9-11H2,1-8H3,(H2,15,16,17). The first-order chi connectivity index (χ1) is 8.64. The normalized spacial score (nSPS) is 13.8. The van der Waals surface area contributed by atoms with Gasteiger partial charge >= 0.3 is 0 Å². The summed E-state index contributed by atoms with van der Waals surface area (Å²) in [6.07, 6.45) is 2.14. The molecule has 0 rings (SSSR count). The minimum atomic E-state index is 0.0668. The fraction of sp³-hybridized carbons (Fsp3) is 0.929. The van der Waals surface area contributed by atoms with E-state index in [0.29, 0.717) is 0 Å². The molecular weight excluding hydrogens is 256 g/mol. The molecule has 0 aromatic heterocycles. The van der Waals surface area contributed by atoms with Crippen LogP contribution in [0.15, 0.2) is 4.99 Å². The number of thioether (sulfide) groups is 1. The Bertz CT molecular complexity index is 285. The highest BCUT2D eigenvalue weighted by molar-refractivity contribution is 7.99. The van der Waals surface area contributed by atoms with Gasteiger partial charge < -0.3 is 15.5 Å². The van der Waals surface area contributed by atoms with Crippen molar-refractivity contribution in [2.45, 2.75) is 44.9 Å². The van der Waals surface area contributed by atoms with Gasteiger partial charge in [-0.25, -0.2) is 0 Å². The van der Waals surface area contributed by atoms with Crippen LogP contribution in [0.25, 0.3) is 0 Å². The topological polar surface area (TPSA) is 39.7 Å². The van der Waals surface area contributed by atoms with E-state index in [1.54, 1.807) is 0 Å². The molecule has 19 heavy (non-hydrogen) atoms. The zero-order valence-electron chi connectivity index (χ0n) is 13.9. The molecule has 0 aromatic rings. The summed E-state index contributed by atoms with van der Waals surface area (Å²) in [5, 5.41) is 6.72. The molecule has 0 fully saturated rings. The average molecular weight is 289 g/mol. The molecule has 2 N–H and O–H groups in total. The number of rotatable bonds is 7. The number of hydrogen-bond donors (Lipinski definition) is 2. The maximum atomic E-state index is 4.69. The van der Waals surface area contributed by atoms with Crippen molar-refractivity contribution in [1.29, 1.82) is 0 Å². The van der Waals surface area contributed by atoms with Crippen molar-refractivity contribution in [3.63, 3.8) is 0 Å². The van der Waals surface area contributed by atoms with Gasteiger partial charge in [0.1, 0.15) is 0 Å². The molecule has 5 heteroatoms. The van der Waals surface area contributed by atoms with E-state index in [2.05, 4.69) is 75.5 Å². The molecule has 0 aliphatic carbocycles. The zero-order valence-corrected chi connectivity index (χ0v) is 14.7. The Labute approximate surface area is 123 Å². The minimum Gasteiger partial charge on any atom is -0.357 e. The van der Waals surface area contributed by atoms with E-state index in [1.807, 2.05) is 11.8 Å². The molecule has 0 amide bonds. The molecule has 0 radical (unpaired) electrons. The molecule has 0 unspecified atom stereocenters. The van der Waals surface area contributed by atoms with E-state index in [1.165, 1.54) is 0 Å². The van der Waals surface area contributed by atoms with Crippen molar-refractivity contribution in [2.24, 2.45) is 4.99 Å². The van der Waals surface area contributed by atoms with Crippen LogP contribution in [0, 0.1) is 0 Å². The van der Waals surface area contributed by atoms with Gasteiger partial charge in [-0.3, -0.25) is 4.99 Å². The van der Waals surface area contributed by atoms with Crippen LogP contribution in [0.4, 0.5) is 0 Å². The second-order valence-electron chi connectivity index (χ2n) is 6.22. The first-order valence-corrected chi connectivity index (χ1v) is 8.12. The maximum Gasteiger partial charge on any atom is 0.191 e. The van der Waals surface area contributed by atoms with Gasteiger partial charge in [0, 0.05) is 23.4 Å². The summed E-state index contributed by atoms with van der Waals surface area (Å²) in [4.78, 5) is 6.89. The largest absolute Gasteiger partial charge is 0.357 e. The Morgan fingerprint density at radius 3 is 2.16 bits per heavy atom. The van der Waals surface area contributed by atoms with Crippen LogP contribution in [-0.2, 0) is 0 Å². The smallest absolute Gasteiger partial charge is 0.191 e. The monoisotopic (exact) mass is 288 g/mol. The lowest BCUT2D eigenvalue weighted by atomic mass is 10.1. The maximum absolute atomic E-state index is 4.69. The van der Waals surface area contributed by atoms with E-state index in [9.17, 15) is 0 Å². The summed E-state index contributed by atoms with van der Waals surface area (Å²) >= 11 is 1.86. The third-order valence-electron chi connectivity index (χ3n) is 3.41. The molecule has 0 spiro atoms. The van der Waals surface area contributed by atoms with E-state index in [0.717, 1.165) is 25.6 Å².